The van der Waals surface area contributed by atoms with Gasteiger partial charge in [0.25, 0.3) is 0 Å². The number of hydrogen-bond donors (Lipinski definition) is 1. The van der Waals surface area contributed by atoms with Gasteiger partial charge in [-0.15, -0.1) is 0 Å². The van der Waals surface area contributed by atoms with Gasteiger partial charge in [0.1, 0.15) is 5.82 Å². The van der Waals surface area contributed by atoms with E-state index in [9.17, 15) is 4.39 Å². The van der Waals surface area contributed by atoms with Crippen molar-refractivity contribution in [3.05, 3.63) is 57.3 Å². The van der Waals surface area contributed by atoms with Crippen molar-refractivity contribution in [2.75, 3.05) is 6.54 Å². The van der Waals surface area contributed by atoms with Gasteiger partial charge in [-0.25, -0.2) is 4.39 Å². The molecule has 0 unspecified atom stereocenters. The van der Waals surface area contributed by atoms with Crippen LogP contribution in [0.5, 0.6) is 0 Å². The Morgan fingerprint density at radius 1 is 1.16 bits per heavy atom. The second-order valence-corrected chi connectivity index (χ2v) is 5.54. The third kappa shape index (κ3) is 3.56. The van der Waals surface area contributed by atoms with Crippen molar-refractivity contribution in [1.82, 2.24) is 5.32 Å². The molecular weight excluding hydrogens is 329 g/mol. The van der Waals surface area contributed by atoms with E-state index in [4.69, 9.17) is 11.6 Å². The molecule has 4 heteroatoms. The highest BCUT2D eigenvalue weighted by Crippen LogP contribution is 2.32. The van der Waals surface area contributed by atoms with E-state index < -0.39 is 0 Å². The third-order valence-corrected chi connectivity index (χ3v) is 3.64. The van der Waals surface area contributed by atoms with Gasteiger partial charge in [0.2, 0.25) is 0 Å². The van der Waals surface area contributed by atoms with E-state index in [1.807, 2.05) is 25.1 Å². The molecule has 0 saturated heterocycles. The Labute approximate surface area is 125 Å². The summed E-state index contributed by atoms with van der Waals surface area (Å²) >= 11 is 9.60. The van der Waals surface area contributed by atoms with Crippen LogP contribution < -0.4 is 5.32 Å². The van der Waals surface area contributed by atoms with Gasteiger partial charge in [0.15, 0.2) is 0 Å². The van der Waals surface area contributed by atoms with Crippen molar-refractivity contribution in [2.45, 2.75) is 13.5 Å². The smallest absolute Gasteiger partial charge is 0.131 e. The molecule has 0 radical (unpaired) electrons. The summed E-state index contributed by atoms with van der Waals surface area (Å²) in [5, 5.41) is 3.79. The van der Waals surface area contributed by atoms with Crippen LogP contribution in [0.2, 0.25) is 5.02 Å². The van der Waals surface area contributed by atoms with Gasteiger partial charge in [-0.1, -0.05) is 46.6 Å². The fraction of sp³-hybridized carbons (Fsp3) is 0.200. The van der Waals surface area contributed by atoms with Crippen LogP contribution in [0.4, 0.5) is 4.39 Å². The number of halogens is 3. The van der Waals surface area contributed by atoms with Crippen molar-refractivity contribution >= 4 is 27.5 Å². The molecule has 2 rings (SSSR count). The Bertz CT molecular complexity index is 586. The van der Waals surface area contributed by atoms with E-state index >= 15 is 0 Å². The highest BCUT2D eigenvalue weighted by atomic mass is 79.9. The molecule has 0 atom stereocenters. The molecule has 19 heavy (non-hydrogen) atoms. The minimum Gasteiger partial charge on any atom is -0.313 e. The maximum Gasteiger partial charge on any atom is 0.131 e. The maximum absolute atomic E-state index is 13.8. The predicted octanol–water partition coefficient (Wildman–Crippen LogP) is 5.02. The van der Waals surface area contributed by atoms with E-state index in [0.717, 1.165) is 23.1 Å². The summed E-state index contributed by atoms with van der Waals surface area (Å²) in [6.07, 6.45) is 0. The van der Waals surface area contributed by atoms with Crippen LogP contribution in [0.15, 0.2) is 40.9 Å². The first-order valence-electron chi connectivity index (χ1n) is 6.06. The van der Waals surface area contributed by atoms with Crippen molar-refractivity contribution in [3.8, 4) is 11.1 Å². The van der Waals surface area contributed by atoms with Gasteiger partial charge in [-0.05, 0) is 36.4 Å². The Balaban J connectivity index is 2.37. The van der Waals surface area contributed by atoms with E-state index in [2.05, 4.69) is 21.2 Å². The molecule has 0 aromatic heterocycles. The third-order valence-electron chi connectivity index (χ3n) is 2.83. The van der Waals surface area contributed by atoms with Gasteiger partial charge in [-0.3, -0.25) is 0 Å². The van der Waals surface area contributed by atoms with Crippen molar-refractivity contribution in [2.24, 2.45) is 0 Å². The summed E-state index contributed by atoms with van der Waals surface area (Å²) in [6, 6.07) is 10.5. The number of hydrogen-bond acceptors (Lipinski definition) is 1. The molecule has 0 spiro atoms. The van der Waals surface area contributed by atoms with E-state index in [0.29, 0.717) is 16.1 Å². The fourth-order valence-corrected chi connectivity index (χ4v) is 2.53. The monoisotopic (exact) mass is 341 g/mol. The molecular formula is C15H14BrClFN. The zero-order valence-corrected chi connectivity index (χ0v) is 12.9. The highest BCUT2D eigenvalue weighted by molar-refractivity contribution is 9.10. The Kier molecular flexibility index (Phi) is 4.97. The van der Waals surface area contributed by atoms with Crippen molar-refractivity contribution < 1.29 is 4.39 Å². The van der Waals surface area contributed by atoms with E-state index in [-0.39, 0.29) is 5.82 Å². The van der Waals surface area contributed by atoms with Gasteiger partial charge in [0, 0.05) is 27.2 Å². The van der Waals surface area contributed by atoms with Gasteiger partial charge in [-0.2, -0.15) is 0 Å². The first kappa shape index (κ1) is 14.5. The van der Waals surface area contributed by atoms with Crippen LogP contribution >= 0.6 is 27.5 Å². The summed E-state index contributed by atoms with van der Waals surface area (Å²) in [5.74, 6) is -0.274. The van der Waals surface area contributed by atoms with Gasteiger partial charge >= 0.3 is 0 Å². The molecule has 0 bridgehead atoms. The SMILES string of the molecule is CCNCc1ccc(-c2cc(Br)ccc2F)c(Cl)c1. The molecule has 0 amide bonds. The average Bonchev–Trinajstić information content (AvgIpc) is 2.40. The standard InChI is InChI=1S/C15H14BrClFN/c1-2-19-9-10-3-5-12(14(17)7-10)13-8-11(16)4-6-15(13)18/h3-8,19H,2,9H2,1H3. The van der Waals surface area contributed by atoms with E-state index in [1.54, 1.807) is 12.1 Å². The molecule has 2 aromatic carbocycles. The summed E-state index contributed by atoms with van der Waals surface area (Å²) in [7, 11) is 0. The lowest BCUT2D eigenvalue weighted by atomic mass is 10.0. The predicted molar refractivity (Wildman–Crippen MR) is 81.9 cm³/mol. The second-order valence-electron chi connectivity index (χ2n) is 4.22. The van der Waals surface area contributed by atoms with Crippen LogP contribution in [0.25, 0.3) is 11.1 Å². The lowest BCUT2D eigenvalue weighted by Crippen LogP contribution is -2.11. The molecule has 0 fully saturated rings. The first-order valence-corrected chi connectivity index (χ1v) is 7.23. The second kappa shape index (κ2) is 6.51. The molecule has 0 saturated carbocycles. The number of nitrogens with one attached hydrogen (secondary N) is 1. The minimum atomic E-state index is -0.274. The molecule has 1 nitrogen and oxygen atoms in total. The van der Waals surface area contributed by atoms with Crippen LogP contribution in [0, 0.1) is 5.82 Å². The van der Waals surface area contributed by atoms with Gasteiger partial charge < -0.3 is 5.32 Å². The number of benzene rings is 2. The zero-order valence-electron chi connectivity index (χ0n) is 10.5. The lowest BCUT2D eigenvalue weighted by molar-refractivity contribution is 0.631. The summed E-state index contributed by atoms with van der Waals surface area (Å²) in [5.41, 5.74) is 2.31. The topological polar surface area (TPSA) is 12.0 Å². The fourth-order valence-electron chi connectivity index (χ4n) is 1.86. The van der Waals surface area contributed by atoms with Gasteiger partial charge in [0.05, 0.1) is 0 Å². The molecule has 100 valence electrons. The maximum atomic E-state index is 13.8. The summed E-state index contributed by atoms with van der Waals surface area (Å²) in [4.78, 5) is 0. The molecule has 2 aromatic rings. The highest BCUT2D eigenvalue weighted by Gasteiger charge is 2.10. The van der Waals surface area contributed by atoms with Crippen LogP contribution in [0.1, 0.15) is 12.5 Å². The van der Waals surface area contributed by atoms with Crippen LogP contribution in [-0.2, 0) is 6.54 Å². The summed E-state index contributed by atoms with van der Waals surface area (Å²) in [6.45, 7) is 3.71. The lowest BCUT2D eigenvalue weighted by Gasteiger charge is -2.09. The Morgan fingerprint density at radius 2 is 1.95 bits per heavy atom. The van der Waals surface area contributed by atoms with E-state index in [1.165, 1.54) is 6.07 Å². The molecule has 1 N–H and O–H groups in total. The number of rotatable bonds is 4. The Hall–Kier alpha value is -0.900. The van der Waals surface area contributed by atoms with Crippen molar-refractivity contribution in [1.29, 1.82) is 0 Å². The van der Waals surface area contributed by atoms with Crippen molar-refractivity contribution in [3.63, 3.8) is 0 Å². The molecule has 0 aliphatic rings. The largest absolute Gasteiger partial charge is 0.313 e. The molecule has 0 heterocycles. The summed E-state index contributed by atoms with van der Waals surface area (Å²) < 4.78 is 14.7. The first-order chi connectivity index (χ1) is 9.11. The zero-order chi connectivity index (χ0) is 13.8. The van der Waals surface area contributed by atoms with Crippen LogP contribution in [0.3, 0.4) is 0 Å². The molecule has 0 aliphatic heterocycles. The van der Waals surface area contributed by atoms with Crippen LogP contribution in [-0.4, -0.2) is 6.54 Å². The quantitative estimate of drug-likeness (QED) is 0.823. The molecule has 0 aliphatic carbocycles. The minimum absolute atomic E-state index is 0.274. The average molecular weight is 343 g/mol. The Morgan fingerprint density at radius 3 is 2.63 bits per heavy atom. The normalized spacial score (nSPS) is 10.7.